The van der Waals surface area contributed by atoms with Crippen molar-refractivity contribution >= 4 is 13.1 Å². The summed E-state index contributed by atoms with van der Waals surface area (Å²) in [6, 6.07) is 19.7. The molecule has 0 aromatic heterocycles. The van der Waals surface area contributed by atoms with Crippen molar-refractivity contribution in [1.82, 2.24) is 0 Å². The summed E-state index contributed by atoms with van der Waals surface area (Å²) in [7, 11) is -3.60. The van der Waals surface area contributed by atoms with Gasteiger partial charge in [0.15, 0.2) is 0 Å². The Balaban J connectivity index is 2.71. The van der Waals surface area contributed by atoms with E-state index in [9.17, 15) is 4.57 Å². The second kappa shape index (κ2) is 12.1. The van der Waals surface area contributed by atoms with Gasteiger partial charge in [0, 0.05) is 24.3 Å². The van der Waals surface area contributed by atoms with Gasteiger partial charge in [-0.2, -0.15) is 0 Å². The van der Waals surface area contributed by atoms with E-state index in [0.29, 0.717) is 19.6 Å². The van der Waals surface area contributed by atoms with Crippen LogP contribution in [0.25, 0.3) is 0 Å². The zero-order valence-electron chi connectivity index (χ0n) is 19.0. The topological polar surface area (TPSA) is 57.1 Å². The van der Waals surface area contributed by atoms with Gasteiger partial charge >= 0.3 is 0 Å². The molecule has 0 fully saturated rings. The summed E-state index contributed by atoms with van der Waals surface area (Å²) in [4.78, 5) is 5.02. The van der Waals surface area contributed by atoms with Gasteiger partial charge in [-0.1, -0.05) is 66.7 Å². The van der Waals surface area contributed by atoms with E-state index in [1.54, 1.807) is 13.0 Å². The molecule has 1 unspecified atom stereocenters. The van der Waals surface area contributed by atoms with Crippen LogP contribution in [0.15, 0.2) is 78.3 Å². The standard InChI is InChI=1S/C25H34NO4P/c1-6-16-23(31(27,30-9-4)25(5,28-7-2)29-8-3)26-24(21-17-12-10-13-18-21)22-19-14-11-15-20-22/h6,10-15,17-20,23H,1,7-9,16H2,2-5H3/t23-,31?/m0/s1. The molecule has 2 rings (SSSR count). The van der Waals surface area contributed by atoms with Crippen LogP contribution in [-0.2, 0) is 18.6 Å². The molecule has 168 valence electrons. The highest BCUT2D eigenvalue weighted by Gasteiger charge is 2.53. The maximum atomic E-state index is 14.5. The lowest BCUT2D eigenvalue weighted by molar-refractivity contribution is -0.168. The first-order chi connectivity index (χ1) is 15.0. The minimum atomic E-state index is -3.60. The van der Waals surface area contributed by atoms with Crippen LogP contribution in [0.1, 0.15) is 45.2 Å². The van der Waals surface area contributed by atoms with Crippen LogP contribution >= 0.6 is 7.37 Å². The Labute approximate surface area is 186 Å². The van der Waals surface area contributed by atoms with Gasteiger partial charge in [-0.05, 0) is 34.1 Å². The number of hydrogen-bond acceptors (Lipinski definition) is 5. The number of nitrogens with zero attached hydrogens (tertiary/aromatic N) is 1. The molecule has 0 saturated heterocycles. The van der Waals surface area contributed by atoms with Crippen molar-refractivity contribution < 1.29 is 18.6 Å². The molecule has 0 amide bonds. The lowest BCUT2D eigenvalue weighted by atomic mass is 10.0. The van der Waals surface area contributed by atoms with E-state index in [1.165, 1.54) is 0 Å². The molecule has 0 spiro atoms. The fourth-order valence-corrected chi connectivity index (χ4v) is 6.14. The Kier molecular flexibility index (Phi) is 9.86. The molecule has 0 radical (unpaired) electrons. The molecular weight excluding hydrogens is 409 g/mol. The molecule has 2 atom stereocenters. The van der Waals surface area contributed by atoms with Crippen molar-refractivity contribution in [3.05, 3.63) is 84.4 Å². The zero-order chi connectivity index (χ0) is 22.7. The highest BCUT2D eigenvalue weighted by molar-refractivity contribution is 7.61. The van der Waals surface area contributed by atoms with Gasteiger partial charge in [-0.25, -0.2) is 0 Å². The average Bonchev–Trinajstić information content (AvgIpc) is 2.78. The summed E-state index contributed by atoms with van der Waals surface area (Å²) in [6.45, 7) is 12.0. The first-order valence-corrected chi connectivity index (χ1v) is 12.5. The van der Waals surface area contributed by atoms with E-state index in [0.717, 1.165) is 16.8 Å². The molecule has 0 aliphatic carbocycles. The van der Waals surface area contributed by atoms with E-state index in [4.69, 9.17) is 19.0 Å². The molecule has 6 heteroatoms. The number of rotatable bonds is 13. The predicted octanol–water partition coefficient (Wildman–Crippen LogP) is 6.49. The van der Waals surface area contributed by atoms with Crippen LogP contribution in [-0.4, -0.2) is 36.8 Å². The molecule has 5 nitrogen and oxygen atoms in total. The molecule has 31 heavy (non-hydrogen) atoms. The van der Waals surface area contributed by atoms with Gasteiger partial charge < -0.3 is 14.0 Å². The molecule has 0 bridgehead atoms. The smallest absolute Gasteiger partial charge is 0.284 e. The Morgan fingerprint density at radius 3 is 1.84 bits per heavy atom. The maximum absolute atomic E-state index is 14.5. The summed E-state index contributed by atoms with van der Waals surface area (Å²) < 4.78 is 32.2. The Morgan fingerprint density at radius 1 is 0.968 bits per heavy atom. The normalized spacial score (nSPS) is 14.5. The monoisotopic (exact) mass is 443 g/mol. The summed E-state index contributed by atoms with van der Waals surface area (Å²) in [6.07, 6.45) is 2.07. The van der Waals surface area contributed by atoms with Gasteiger partial charge in [0.1, 0.15) is 5.78 Å². The Morgan fingerprint density at radius 2 is 1.45 bits per heavy atom. The van der Waals surface area contributed by atoms with Gasteiger partial charge in [0.05, 0.1) is 12.3 Å². The molecule has 0 heterocycles. The number of aliphatic imine (C=N–C) groups is 1. The van der Waals surface area contributed by atoms with E-state index < -0.39 is 18.7 Å². The summed E-state index contributed by atoms with van der Waals surface area (Å²) in [5.74, 6) is -0.719. The number of benzene rings is 2. The van der Waals surface area contributed by atoms with E-state index in [2.05, 4.69) is 6.58 Å². The molecule has 0 N–H and O–H groups in total. The van der Waals surface area contributed by atoms with Crippen molar-refractivity contribution in [1.29, 1.82) is 0 Å². The van der Waals surface area contributed by atoms with Gasteiger partial charge in [-0.15, -0.1) is 6.58 Å². The molecular formula is C25H34NO4P. The van der Waals surface area contributed by atoms with Crippen LogP contribution < -0.4 is 0 Å². The SMILES string of the molecule is C=CC[C@@H](N=C(c1ccccc1)c1ccccc1)P(=O)(OCC)C(C)(OCC)OCC. The largest absolute Gasteiger partial charge is 0.342 e. The maximum Gasteiger partial charge on any atom is 0.284 e. The predicted molar refractivity (Wildman–Crippen MR) is 128 cm³/mol. The molecule has 2 aromatic carbocycles. The lowest BCUT2D eigenvalue weighted by Crippen LogP contribution is -2.37. The van der Waals surface area contributed by atoms with Crippen molar-refractivity contribution in [2.45, 2.75) is 45.4 Å². The first-order valence-electron chi connectivity index (χ1n) is 10.8. The average molecular weight is 444 g/mol. The molecule has 0 aliphatic rings. The van der Waals surface area contributed by atoms with E-state index in [-0.39, 0.29) is 6.61 Å². The fourth-order valence-electron chi connectivity index (χ4n) is 3.50. The lowest BCUT2D eigenvalue weighted by Gasteiger charge is -2.38. The number of ether oxygens (including phenoxy) is 2. The fraction of sp³-hybridized carbons (Fsp3) is 0.400. The minimum Gasteiger partial charge on any atom is -0.342 e. The van der Waals surface area contributed by atoms with Gasteiger partial charge in [0.25, 0.3) is 7.37 Å². The Bertz CT molecular complexity index is 835. The summed E-state index contributed by atoms with van der Waals surface area (Å²) in [5.41, 5.74) is 1.19. The highest BCUT2D eigenvalue weighted by atomic mass is 31.2. The quantitative estimate of drug-likeness (QED) is 0.154. The van der Waals surface area contributed by atoms with Crippen LogP contribution in [0.5, 0.6) is 0 Å². The molecule has 2 aromatic rings. The van der Waals surface area contributed by atoms with Crippen LogP contribution in [0.3, 0.4) is 0 Å². The van der Waals surface area contributed by atoms with Crippen molar-refractivity contribution in [3.8, 4) is 0 Å². The molecule has 0 saturated carbocycles. The number of hydrogen-bond donors (Lipinski definition) is 0. The van der Waals surface area contributed by atoms with Crippen LogP contribution in [0, 0.1) is 0 Å². The summed E-state index contributed by atoms with van der Waals surface area (Å²) in [5, 5.41) is 0. The molecule has 0 aliphatic heterocycles. The third-order valence-electron chi connectivity index (χ3n) is 4.85. The van der Waals surface area contributed by atoms with Crippen molar-refractivity contribution in [3.63, 3.8) is 0 Å². The first kappa shape index (κ1) is 25.2. The highest BCUT2D eigenvalue weighted by Crippen LogP contribution is 2.65. The second-order valence-corrected chi connectivity index (χ2v) is 9.85. The van der Waals surface area contributed by atoms with Gasteiger partial charge in [0.2, 0.25) is 5.53 Å². The third-order valence-corrected chi connectivity index (χ3v) is 8.00. The van der Waals surface area contributed by atoms with Crippen molar-refractivity contribution in [2.75, 3.05) is 19.8 Å². The Hall–Kier alpha value is -2.04. The van der Waals surface area contributed by atoms with Gasteiger partial charge in [-0.3, -0.25) is 9.56 Å². The summed E-state index contributed by atoms with van der Waals surface area (Å²) >= 11 is 0. The zero-order valence-corrected chi connectivity index (χ0v) is 19.9. The minimum absolute atomic E-state index is 0.252. The second-order valence-electron chi connectivity index (χ2n) is 6.99. The van der Waals surface area contributed by atoms with E-state index >= 15 is 0 Å². The van der Waals surface area contributed by atoms with Crippen molar-refractivity contribution in [2.24, 2.45) is 4.99 Å². The van der Waals surface area contributed by atoms with Crippen LogP contribution in [0.2, 0.25) is 0 Å². The van der Waals surface area contributed by atoms with E-state index in [1.807, 2.05) is 81.4 Å². The third kappa shape index (κ3) is 6.02. The van der Waals surface area contributed by atoms with Crippen LogP contribution in [0.4, 0.5) is 0 Å².